The van der Waals surface area contributed by atoms with Gasteiger partial charge in [-0.1, -0.05) is 17.7 Å². The van der Waals surface area contributed by atoms with Crippen LogP contribution in [0.1, 0.15) is 4.88 Å². The van der Waals surface area contributed by atoms with Crippen molar-refractivity contribution in [1.29, 1.82) is 0 Å². The SMILES string of the molecule is Clc1ccc2c(NCCc3cccs3)ccnc2c1. The molecule has 2 aromatic heterocycles. The van der Waals surface area contributed by atoms with Crippen molar-refractivity contribution in [1.82, 2.24) is 4.98 Å². The summed E-state index contributed by atoms with van der Waals surface area (Å²) in [6.07, 6.45) is 2.85. The quantitative estimate of drug-likeness (QED) is 0.759. The molecule has 0 aliphatic rings. The molecule has 4 heteroatoms. The molecule has 1 aromatic carbocycles. The van der Waals surface area contributed by atoms with Gasteiger partial charge in [0.05, 0.1) is 5.52 Å². The Bertz CT molecular complexity index is 680. The van der Waals surface area contributed by atoms with Gasteiger partial charge in [0.15, 0.2) is 0 Å². The number of nitrogens with zero attached hydrogens (tertiary/aromatic N) is 1. The van der Waals surface area contributed by atoms with E-state index in [9.17, 15) is 0 Å². The number of aromatic nitrogens is 1. The summed E-state index contributed by atoms with van der Waals surface area (Å²) < 4.78 is 0. The third-order valence-corrected chi connectivity index (χ3v) is 4.14. The lowest BCUT2D eigenvalue weighted by Gasteiger charge is -2.09. The van der Waals surface area contributed by atoms with Gasteiger partial charge in [-0.2, -0.15) is 0 Å². The van der Waals surface area contributed by atoms with Gasteiger partial charge in [0.25, 0.3) is 0 Å². The Morgan fingerprint density at radius 3 is 3.00 bits per heavy atom. The van der Waals surface area contributed by atoms with Crippen molar-refractivity contribution in [2.45, 2.75) is 6.42 Å². The van der Waals surface area contributed by atoms with E-state index in [4.69, 9.17) is 11.6 Å². The molecule has 0 saturated carbocycles. The first-order valence-corrected chi connectivity index (χ1v) is 7.39. The van der Waals surface area contributed by atoms with E-state index in [0.29, 0.717) is 0 Å². The molecule has 2 nitrogen and oxygen atoms in total. The molecule has 0 fully saturated rings. The van der Waals surface area contributed by atoms with Gasteiger partial charge in [-0.15, -0.1) is 11.3 Å². The topological polar surface area (TPSA) is 24.9 Å². The van der Waals surface area contributed by atoms with Crippen LogP contribution in [0.4, 0.5) is 5.69 Å². The molecule has 0 spiro atoms. The fourth-order valence-electron chi connectivity index (χ4n) is 2.05. The van der Waals surface area contributed by atoms with Crippen LogP contribution in [0, 0.1) is 0 Å². The molecule has 0 saturated heterocycles. The molecule has 2 heterocycles. The minimum atomic E-state index is 0.718. The van der Waals surface area contributed by atoms with E-state index in [1.165, 1.54) is 4.88 Å². The molecule has 1 N–H and O–H groups in total. The van der Waals surface area contributed by atoms with E-state index in [0.717, 1.165) is 34.6 Å². The van der Waals surface area contributed by atoms with Crippen LogP contribution in [0.3, 0.4) is 0 Å². The second-order valence-electron chi connectivity index (χ2n) is 4.28. The Labute approximate surface area is 121 Å². The maximum atomic E-state index is 5.98. The number of benzene rings is 1. The molecule has 3 rings (SSSR count). The first kappa shape index (κ1) is 12.5. The van der Waals surface area contributed by atoms with Crippen LogP contribution < -0.4 is 5.32 Å². The van der Waals surface area contributed by atoms with Crippen LogP contribution >= 0.6 is 22.9 Å². The van der Waals surface area contributed by atoms with Crippen molar-refractivity contribution in [3.63, 3.8) is 0 Å². The van der Waals surface area contributed by atoms with Crippen molar-refractivity contribution in [3.8, 4) is 0 Å². The monoisotopic (exact) mass is 288 g/mol. The summed E-state index contributed by atoms with van der Waals surface area (Å²) in [5.74, 6) is 0. The molecular weight excluding hydrogens is 276 g/mol. The van der Waals surface area contributed by atoms with Gasteiger partial charge in [-0.05, 0) is 42.1 Å². The van der Waals surface area contributed by atoms with Crippen molar-refractivity contribution in [3.05, 3.63) is 57.9 Å². The van der Waals surface area contributed by atoms with E-state index in [1.54, 1.807) is 11.3 Å². The average Bonchev–Trinajstić information content (AvgIpc) is 2.92. The van der Waals surface area contributed by atoms with E-state index < -0.39 is 0 Å². The summed E-state index contributed by atoms with van der Waals surface area (Å²) in [7, 11) is 0. The van der Waals surface area contributed by atoms with Gasteiger partial charge in [0.2, 0.25) is 0 Å². The number of nitrogens with one attached hydrogen (secondary N) is 1. The Hall–Kier alpha value is -1.58. The van der Waals surface area contributed by atoms with Gasteiger partial charge in [0, 0.05) is 33.7 Å². The van der Waals surface area contributed by atoms with E-state index in [2.05, 4.69) is 27.8 Å². The molecule has 0 aliphatic heterocycles. The molecule has 0 atom stereocenters. The summed E-state index contributed by atoms with van der Waals surface area (Å²) in [5.41, 5.74) is 2.03. The summed E-state index contributed by atoms with van der Waals surface area (Å²) >= 11 is 7.78. The van der Waals surface area contributed by atoms with Gasteiger partial charge >= 0.3 is 0 Å². The molecule has 0 unspecified atom stereocenters. The Balaban J connectivity index is 1.77. The number of hydrogen-bond acceptors (Lipinski definition) is 3. The Morgan fingerprint density at radius 2 is 2.16 bits per heavy atom. The second kappa shape index (κ2) is 5.59. The predicted octanol–water partition coefficient (Wildman–Crippen LogP) is 4.60. The molecular formula is C15H13ClN2S. The molecule has 0 amide bonds. The lowest BCUT2D eigenvalue weighted by Crippen LogP contribution is -2.04. The van der Waals surface area contributed by atoms with Gasteiger partial charge in [-0.3, -0.25) is 4.98 Å². The van der Waals surface area contributed by atoms with Crippen LogP contribution in [0.15, 0.2) is 48.0 Å². The van der Waals surface area contributed by atoms with Gasteiger partial charge in [0.1, 0.15) is 0 Å². The number of hydrogen-bond donors (Lipinski definition) is 1. The Morgan fingerprint density at radius 1 is 1.21 bits per heavy atom. The zero-order valence-electron chi connectivity index (χ0n) is 10.3. The maximum Gasteiger partial charge on any atom is 0.0737 e. The van der Waals surface area contributed by atoms with Crippen LogP contribution in [0.5, 0.6) is 0 Å². The number of pyridine rings is 1. The number of fused-ring (bicyclic) bond motifs is 1. The fraction of sp³-hybridized carbons (Fsp3) is 0.133. The lowest BCUT2D eigenvalue weighted by atomic mass is 10.2. The largest absolute Gasteiger partial charge is 0.384 e. The first-order chi connectivity index (χ1) is 9.33. The van der Waals surface area contributed by atoms with Crippen LogP contribution in [-0.4, -0.2) is 11.5 Å². The molecule has 19 heavy (non-hydrogen) atoms. The van der Waals surface area contributed by atoms with E-state index >= 15 is 0 Å². The zero-order valence-corrected chi connectivity index (χ0v) is 11.8. The lowest BCUT2D eigenvalue weighted by molar-refractivity contribution is 1.05. The molecule has 96 valence electrons. The zero-order chi connectivity index (χ0) is 13.1. The first-order valence-electron chi connectivity index (χ1n) is 6.13. The summed E-state index contributed by atoms with van der Waals surface area (Å²) in [5, 5.41) is 7.41. The van der Waals surface area contributed by atoms with Gasteiger partial charge < -0.3 is 5.32 Å². The van der Waals surface area contributed by atoms with Crippen LogP contribution in [0.25, 0.3) is 10.9 Å². The number of rotatable bonds is 4. The second-order valence-corrected chi connectivity index (χ2v) is 5.74. The standard InChI is InChI=1S/C15H13ClN2S/c16-11-3-4-13-14(6-8-18-15(13)10-11)17-7-5-12-2-1-9-19-12/h1-4,6,8-10H,5,7H2,(H,17,18). The molecule has 0 radical (unpaired) electrons. The van der Waals surface area contributed by atoms with Crippen molar-refractivity contribution in [2.24, 2.45) is 0 Å². The minimum Gasteiger partial charge on any atom is -0.384 e. The van der Waals surface area contributed by atoms with Crippen molar-refractivity contribution >= 4 is 39.5 Å². The normalized spacial score (nSPS) is 10.8. The number of halogens is 1. The minimum absolute atomic E-state index is 0.718. The van der Waals surface area contributed by atoms with Crippen molar-refractivity contribution in [2.75, 3.05) is 11.9 Å². The smallest absolute Gasteiger partial charge is 0.0737 e. The third-order valence-electron chi connectivity index (χ3n) is 2.97. The average molecular weight is 289 g/mol. The van der Waals surface area contributed by atoms with Crippen LogP contribution in [-0.2, 0) is 6.42 Å². The number of anilines is 1. The summed E-state index contributed by atoms with van der Waals surface area (Å²) in [4.78, 5) is 5.74. The fourth-order valence-corrected chi connectivity index (χ4v) is 2.93. The Kier molecular flexibility index (Phi) is 3.67. The van der Waals surface area contributed by atoms with E-state index in [-0.39, 0.29) is 0 Å². The molecule has 0 bridgehead atoms. The highest BCUT2D eigenvalue weighted by Crippen LogP contribution is 2.24. The highest BCUT2D eigenvalue weighted by atomic mass is 35.5. The number of thiophene rings is 1. The highest BCUT2D eigenvalue weighted by molar-refractivity contribution is 7.09. The summed E-state index contributed by atoms with van der Waals surface area (Å²) in [6, 6.07) is 12.1. The molecule has 0 aliphatic carbocycles. The molecule has 3 aromatic rings. The predicted molar refractivity (Wildman–Crippen MR) is 83.3 cm³/mol. The highest BCUT2D eigenvalue weighted by Gasteiger charge is 2.02. The van der Waals surface area contributed by atoms with Crippen LogP contribution in [0.2, 0.25) is 5.02 Å². The maximum absolute atomic E-state index is 5.98. The van der Waals surface area contributed by atoms with E-state index in [1.807, 2.05) is 30.5 Å². The third kappa shape index (κ3) is 2.88. The van der Waals surface area contributed by atoms with Crippen molar-refractivity contribution < 1.29 is 0 Å². The summed E-state index contributed by atoms with van der Waals surface area (Å²) in [6.45, 7) is 0.919. The van der Waals surface area contributed by atoms with Gasteiger partial charge in [-0.25, -0.2) is 0 Å².